The summed E-state index contributed by atoms with van der Waals surface area (Å²) in [4.78, 5) is 16.3. The molecule has 2 rings (SSSR count). The molecule has 112 valence electrons. The molecular formula is C14H19N5OS. The number of aromatic nitrogens is 3. The van der Waals surface area contributed by atoms with E-state index >= 15 is 0 Å². The lowest BCUT2D eigenvalue weighted by Crippen LogP contribution is -2.36. The van der Waals surface area contributed by atoms with Crippen molar-refractivity contribution in [1.82, 2.24) is 15.2 Å². The highest BCUT2D eigenvalue weighted by Crippen LogP contribution is 2.19. The van der Waals surface area contributed by atoms with Crippen molar-refractivity contribution in [1.29, 1.82) is 0 Å². The smallest absolute Gasteiger partial charge is 0.241 e. The first-order valence-corrected chi connectivity index (χ1v) is 8.04. The first-order valence-electron chi connectivity index (χ1n) is 6.65. The van der Waals surface area contributed by atoms with E-state index in [2.05, 4.69) is 20.5 Å². The van der Waals surface area contributed by atoms with E-state index in [1.54, 1.807) is 11.8 Å². The molecule has 21 heavy (non-hydrogen) atoms. The summed E-state index contributed by atoms with van der Waals surface area (Å²) in [6, 6.07) is 6.91. The number of carbonyl (C=O) groups is 1. The molecule has 0 bridgehead atoms. The fourth-order valence-corrected chi connectivity index (χ4v) is 2.31. The predicted octanol–water partition coefficient (Wildman–Crippen LogP) is 1.80. The summed E-state index contributed by atoms with van der Waals surface area (Å²) in [5.74, 6) is 2.05. The average Bonchev–Trinajstić information content (AvgIpc) is 2.91. The van der Waals surface area contributed by atoms with Gasteiger partial charge in [0.05, 0.1) is 6.04 Å². The van der Waals surface area contributed by atoms with Crippen LogP contribution in [0, 0.1) is 6.92 Å². The number of rotatable bonds is 6. The molecule has 1 aromatic carbocycles. The number of nitrogens with one attached hydrogen (secondary N) is 2. The van der Waals surface area contributed by atoms with E-state index < -0.39 is 6.04 Å². The van der Waals surface area contributed by atoms with Gasteiger partial charge in [0.15, 0.2) is 5.82 Å². The summed E-state index contributed by atoms with van der Waals surface area (Å²) in [5.41, 5.74) is 7.39. The van der Waals surface area contributed by atoms with Crippen LogP contribution in [0.25, 0.3) is 11.4 Å². The molecule has 6 nitrogen and oxygen atoms in total. The first kappa shape index (κ1) is 15.5. The van der Waals surface area contributed by atoms with Crippen molar-refractivity contribution in [2.45, 2.75) is 19.4 Å². The number of anilines is 1. The Kier molecular flexibility index (Phi) is 5.35. The van der Waals surface area contributed by atoms with Crippen LogP contribution >= 0.6 is 11.8 Å². The number of nitrogens with two attached hydrogens (primary N) is 1. The molecule has 4 N–H and O–H groups in total. The number of H-pyrrole nitrogens is 1. The molecule has 0 aliphatic carbocycles. The van der Waals surface area contributed by atoms with Crippen LogP contribution in [0.15, 0.2) is 24.3 Å². The van der Waals surface area contributed by atoms with E-state index in [0.717, 1.165) is 17.1 Å². The monoisotopic (exact) mass is 305 g/mol. The number of amides is 1. The van der Waals surface area contributed by atoms with E-state index in [0.29, 0.717) is 17.9 Å². The van der Waals surface area contributed by atoms with Gasteiger partial charge in [0.25, 0.3) is 0 Å². The maximum Gasteiger partial charge on any atom is 0.241 e. The van der Waals surface area contributed by atoms with Crippen LogP contribution in [0.5, 0.6) is 0 Å². The molecular weight excluding hydrogens is 286 g/mol. The number of aromatic amines is 1. The minimum atomic E-state index is -0.494. The molecule has 0 saturated heterocycles. The fraction of sp³-hybridized carbons (Fsp3) is 0.357. The van der Waals surface area contributed by atoms with Gasteiger partial charge in [-0.15, -0.1) is 0 Å². The SMILES string of the molecule is CSCC[C@@H](N)C(=O)Nc1cccc(-c2n[nH]c(C)n2)c1. The number of carbonyl (C=O) groups excluding carboxylic acids is 1. The van der Waals surface area contributed by atoms with Crippen LogP contribution < -0.4 is 11.1 Å². The lowest BCUT2D eigenvalue weighted by molar-refractivity contribution is -0.117. The van der Waals surface area contributed by atoms with E-state index in [1.165, 1.54) is 0 Å². The third kappa shape index (κ3) is 4.30. The second-order valence-electron chi connectivity index (χ2n) is 4.70. The lowest BCUT2D eigenvalue weighted by atomic mass is 10.1. The van der Waals surface area contributed by atoms with Gasteiger partial charge in [-0.1, -0.05) is 12.1 Å². The predicted molar refractivity (Wildman–Crippen MR) is 86.2 cm³/mol. The highest BCUT2D eigenvalue weighted by Gasteiger charge is 2.13. The lowest BCUT2D eigenvalue weighted by Gasteiger charge is -2.12. The van der Waals surface area contributed by atoms with Crippen molar-refractivity contribution >= 4 is 23.4 Å². The Labute approximate surface area is 127 Å². The second-order valence-corrected chi connectivity index (χ2v) is 5.69. The number of nitrogens with zero attached hydrogens (tertiary/aromatic N) is 2. The molecule has 0 saturated carbocycles. The molecule has 1 aromatic heterocycles. The molecule has 7 heteroatoms. The van der Waals surface area contributed by atoms with Crippen molar-refractivity contribution in [3.8, 4) is 11.4 Å². The van der Waals surface area contributed by atoms with E-state index in [1.807, 2.05) is 37.4 Å². The van der Waals surface area contributed by atoms with E-state index in [4.69, 9.17) is 5.73 Å². The number of thioether (sulfide) groups is 1. The van der Waals surface area contributed by atoms with Crippen molar-refractivity contribution in [3.05, 3.63) is 30.1 Å². The Morgan fingerprint density at radius 3 is 3.00 bits per heavy atom. The Morgan fingerprint density at radius 1 is 1.52 bits per heavy atom. The number of hydrogen-bond acceptors (Lipinski definition) is 5. The maximum absolute atomic E-state index is 12.0. The molecule has 0 aliphatic heterocycles. The van der Waals surface area contributed by atoms with Gasteiger partial charge in [-0.05, 0) is 37.5 Å². The van der Waals surface area contributed by atoms with Crippen molar-refractivity contribution in [2.24, 2.45) is 5.73 Å². The Hall–Kier alpha value is -1.86. The zero-order valence-electron chi connectivity index (χ0n) is 12.1. The molecule has 1 atom stereocenters. The summed E-state index contributed by atoms with van der Waals surface area (Å²) in [7, 11) is 0. The van der Waals surface area contributed by atoms with Crippen LogP contribution in [-0.4, -0.2) is 39.1 Å². The molecule has 1 amide bonds. The third-order valence-electron chi connectivity index (χ3n) is 2.96. The van der Waals surface area contributed by atoms with Crippen LogP contribution in [-0.2, 0) is 4.79 Å². The van der Waals surface area contributed by atoms with Gasteiger partial charge in [-0.2, -0.15) is 16.9 Å². The zero-order valence-corrected chi connectivity index (χ0v) is 12.9. The normalized spacial score (nSPS) is 12.1. The second kappa shape index (κ2) is 7.24. The minimum absolute atomic E-state index is 0.174. The van der Waals surface area contributed by atoms with Crippen LogP contribution in [0.2, 0.25) is 0 Å². The molecule has 2 aromatic rings. The molecule has 1 heterocycles. The van der Waals surface area contributed by atoms with Crippen molar-refractivity contribution in [3.63, 3.8) is 0 Å². The number of aryl methyl sites for hydroxylation is 1. The summed E-state index contributed by atoms with van der Waals surface area (Å²) in [5, 5.41) is 9.73. The first-order chi connectivity index (χ1) is 10.1. The van der Waals surface area contributed by atoms with Gasteiger partial charge in [-0.3, -0.25) is 9.89 Å². The largest absolute Gasteiger partial charge is 0.325 e. The standard InChI is InChI=1S/C14H19N5OS/c1-9-16-13(19-18-9)10-4-3-5-11(8-10)17-14(20)12(15)6-7-21-2/h3-5,8,12H,6-7,15H2,1-2H3,(H,17,20)(H,16,18,19)/t12-/m1/s1. The Bertz CT molecular complexity index is 613. The molecule has 0 radical (unpaired) electrons. The van der Waals surface area contributed by atoms with E-state index in [-0.39, 0.29) is 5.91 Å². The Balaban J connectivity index is 2.06. The minimum Gasteiger partial charge on any atom is -0.325 e. The highest BCUT2D eigenvalue weighted by molar-refractivity contribution is 7.98. The van der Waals surface area contributed by atoms with E-state index in [9.17, 15) is 4.79 Å². The van der Waals surface area contributed by atoms with Gasteiger partial charge in [0.1, 0.15) is 5.82 Å². The van der Waals surface area contributed by atoms with Crippen LogP contribution in [0.4, 0.5) is 5.69 Å². The topological polar surface area (TPSA) is 96.7 Å². The van der Waals surface area contributed by atoms with Crippen molar-refractivity contribution in [2.75, 3.05) is 17.3 Å². The van der Waals surface area contributed by atoms with Crippen LogP contribution in [0.3, 0.4) is 0 Å². The van der Waals surface area contributed by atoms with Crippen LogP contribution in [0.1, 0.15) is 12.2 Å². The molecule has 0 spiro atoms. The van der Waals surface area contributed by atoms with Gasteiger partial charge < -0.3 is 11.1 Å². The summed E-state index contributed by atoms with van der Waals surface area (Å²) in [6.07, 6.45) is 2.65. The summed E-state index contributed by atoms with van der Waals surface area (Å²) >= 11 is 1.68. The summed E-state index contributed by atoms with van der Waals surface area (Å²) < 4.78 is 0. The van der Waals surface area contributed by atoms with Gasteiger partial charge >= 0.3 is 0 Å². The molecule has 0 fully saturated rings. The maximum atomic E-state index is 12.0. The number of hydrogen-bond donors (Lipinski definition) is 3. The molecule has 0 unspecified atom stereocenters. The van der Waals surface area contributed by atoms with Gasteiger partial charge in [-0.25, -0.2) is 4.98 Å². The zero-order chi connectivity index (χ0) is 15.2. The van der Waals surface area contributed by atoms with Crippen molar-refractivity contribution < 1.29 is 4.79 Å². The quantitative estimate of drug-likeness (QED) is 0.756. The third-order valence-corrected chi connectivity index (χ3v) is 3.60. The Morgan fingerprint density at radius 2 is 2.33 bits per heavy atom. The fourth-order valence-electron chi connectivity index (χ4n) is 1.82. The number of benzene rings is 1. The van der Waals surface area contributed by atoms with Gasteiger partial charge in [0.2, 0.25) is 5.91 Å². The highest BCUT2D eigenvalue weighted by atomic mass is 32.2. The summed E-state index contributed by atoms with van der Waals surface area (Å²) in [6.45, 7) is 1.84. The van der Waals surface area contributed by atoms with Gasteiger partial charge in [0, 0.05) is 11.3 Å². The molecule has 0 aliphatic rings. The average molecular weight is 305 g/mol.